The van der Waals surface area contributed by atoms with E-state index < -0.39 is 0 Å². The lowest BCUT2D eigenvalue weighted by atomic mass is 10.1. The Morgan fingerprint density at radius 1 is 0.800 bits per heavy atom. The summed E-state index contributed by atoms with van der Waals surface area (Å²) in [6, 6.07) is 17.7. The van der Waals surface area contributed by atoms with Crippen LogP contribution in [0.15, 0.2) is 73.2 Å². The first kappa shape index (κ1) is 18.4. The molecule has 0 amide bonds. The number of benzene rings is 2. The highest BCUT2D eigenvalue weighted by atomic mass is 15.1. The molecule has 6 heteroatoms. The van der Waals surface area contributed by atoms with Crippen molar-refractivity contribution in [1.82, 2.24) is 24.8 Å². The highest BCUT2D eigenvalue weighted by Gasteiger charge is 2.19. The van der Waals surface area contributed by atoms with E-state index in [0.717, 1.165) is 65.8 Å². The molecule has 2 aromatic carbocycles. The summed E-state index contributed by atoms with van der Waals surface area (Å²) in [5.41, 5.74) is 12.0. The Morgan fingerprint density at radius 3 is 2.27 bits per heavy atom. The molecular weight excluding hydrogens is 372 g/mol. The average molecular weight is 394 g/mol. The fourth-order valence-corrected chi connectivity index (χ4v) is 3.71. The lowest BCUT2D eigenvalue weighted by molar-refractivity contribution is 0.242. The Hall–Kier alpha value is -3.64. The number of nitrogen functional groups attached to an aromatic ring is 1. The minimum absolute atomic E-state index is 0.744. The number of rotatable bonds is 4. The maximum Gasteiger partial charge on any atom is 0.159 e. The number of hydrogen-bond donors (Lipinski definition) is 1. The fourth-order valence-electron chi connectivity index (χ4n) is 3.71. The third kappa shape index (κ3) is 3.90. The average Bonchev–Trinajstić information content (AvgIpc) is 2.80. The van der Waals surface area contributed by atoms with Gasteiger partial charge in [-0.05, 0) is 24.3 Å². The van der Waals surface area contributed by atoms with Crippen LogP contribution in [0.25, 0.3) is 22.8 Å². The standard InChI is InChI=1S/C24H22N6/c25-21-8-6-19(7-9-21)24-28-14-20-16-30(11-10-22(20)29-24)15-17-12-26-23(27-13-17)18-4-2-1-3-5-18/h1-9,12-14H,10-11,15-16,25H2. The molecule has 0 saturated heterocycles. The molecule has 2 N–H and O–H groups in total. The summed E-state index contributed by atoms with van der Waals surface area (Å²) < 4.78 is 0. The van der Waals surface area contributed by atoms with Crippen LogP contribution >= 0.6 is 0 Å². The van der Waals surface area contributed by atoms with E-state index in [0.29, 0.717) is 0 Å². The second-order valence-corrected chi connectivity index (χ2v) is 7.53. The van der Waals surface area contributed by atoms with E-state index in [4.69, 9.17) is 10.7 Å². The largest absolute Gasteiger partial charge is 0.399 e. The van der Waals surface area contributed by atoms with Gasteiger partial charge in [-0.25, -0.2) is 19.9 Å². The second kappa shape index (κ2) is 8.00. The monoisotopic (exact) mass is 394 g/mol. The van der Waals surface area contributed by atoms with Crippen LogP contribution in [0.5, 0.6) is 0 Å². The summed E-state index contributed by atoms with van der Waals surface area (Å²) in [4.78, 5) is 20.8. The van der Waals surface area contributed by atoms with Gasteiger partial charge in [0.1, 0.15) is 0 Å². The van der Waals surface area contributed by atoms with Crippen molar-refractivity contribution in [2.75, 3.05) is 12.3 Å². The highest BCUT2D eigenvalue weighted by Crippen LogP contribution is 2.23. The van der Waals surface area contributed by atoms with E-state index in [-0.39, 0.29) is 0 Å². The Labute approximate surface area is 175 Å². The molecule has 5 rings (SSSR count). The molecule has 6 nitrogen and oxygen atoms in total. The lowest BCUT2D eigenvalue weighted by Gasteiger charge is -2.27. The van der Waals surface area contributed by atoms with Gasteiger partial charge < -0.3 is 5.73 Å². The van der Waals surface area contributed by atoms with Gasteiger partial charge in [-0.1, -0.05) is 30.3 Å². The van der Waals surface area contributed by atoms with Gasteiger partial charge in [-0.2, -0.15) is 0 Å². The molecule has 2 aromatic heterocycles. The molecule has 30 heavy (non-hydrogen) atoms. The normalized spacial score (nSPS) is 13.7. The number of hydrogen-bond acceptors (Lipinski definition) is 6. The number of fused-ring (bicyclic) bond motifs is 1. The minimum Gasteiger partial charge on any atom is -0.399 e. The molecular formula is C24H22N6. The first-order valence-corrected chi connectivity index (χ1v) is 10.0. The van der Waals surface area contributed by atoms with Crippen LogP contribution in [-0.2, 0) is 19.5 Å². The van der Waals surface area contributed by atoms with Crippen LogP contribution < -0.4 is 5.73 Å². The molecule has 148 valence electrons. The van der Waals surface area contributed by atoms with E-state index in [1.54, 1.807) is 0 Å². The zero-order valence-corrected chi connectivity index (χ0v) is 16.6. The first-order chi connectivity index (χ1) is 14.7. The van der Waals surface area contributed by atoms with Crippen molar-refractivity contribution in [3.05, 3.63) is 90.0 Å². The first-order valence-electron chi connectivity index (χ1n) is 10.0. The summed E-state index contributed by atoms with van der Waals surface area (Å²) in [6.45, 7) is 2.59. The van der Waals surface area contributed by atoms with Gasteiger partial charge in [0, 0.05) is 72.6 Å². The predicted octanol–water partition coefficient (Wildman–Crippen LogP) is 3.74. The zero-order valence-electron chi connectivity index (χ0n) is 16.6. The third-order valence-electron chi connectivity index (χ3n) is 5.33. The van der Waals surface area contributed by atoms with E-state index in [2.05, 4.69) is 19.9 Å². The number of aromatic nitrogens is 4. The van der Waals surface area contributed by atoms with Crippen molar-refractivity contribution in [2.45, 2.75) is 19.5 Å². The van der Waals surface area contributed by atoms with Crippen molar-refractivity contribution < 1.29 is 0 Å². The summed E-state index contributed by atoms with van der Waals surface area (Å²) >= 11 is 0. The molecule has 1 aliphatic rings. The van der Waals surface area contributed by atoms with E-state index in [1.807, 2.05) is 73.2 Å². The van der Waals surface area contributed by atoms with Crippen LogP contribution in [0.3, 0.4) is 0 Å². The predicted molar refractivity (Wildman–Crippen MR) is 117 cm³/mol. The van der Waals surface area contributed by atoms with Crippen LogP contribution in [0.1, 0.15) is 16.8 Å². The van der Waals surface area contributed by atoms with Crippen molar-refractivity contribution in [3.8, 4) is 22.8 Å². The molecule has 4 aromatic rings. The Morgan fingerprint density at radius 2 is 1.50 bits per heavy atom. The summed E-state index contributed by atoms with van der Waals surface area (Å²) in [6.07, 6.45) is 6.70. The SMILES string of the molecule is Nc1ccc(-c2ncc3c(n2)CCN(Cc2cnc(-c4ccccc4)nc2)C3)cc1. The van der Waals surface area contributed by atoms with Crippen molar-refractivity contribution in [2.24, 2.45) is 0 Å². The number of anilines is 1. The van der Waals surface area contributed by atoms with Gasteiger partial charge in [0.25, 0.3) is 0 Å². The lowest BCUT2D eigenvalue weighted by Crippen LogP contribution is -2.31. The van der Waals surface area contributed by atoms with Gasteiger partial charge in [-0.3, -0.25) is 4.90 Å². The zero-order chi connectivity index (χ0) is 20.3. The molecule has 0 bridgehead atoms. The van der Waals surface area contributed by atoms with Crippen molar-refractivity contribution >= 4 is 5.69 Å². The molecule has 0 atom stereocenters. The van der Waals surface area contributed by atoms with Crippen LogP contribution in [0, 0.1) is 0 Å². The van der Waals surface area contributed by atoms with Gasteiger partial charge in [0.2, 0.25) is 0 Å². The van der Waals surface area contributed by atoms with Gasteiger partial charge >= 0.3 is 0 Å². The molecule has 0 radical (unpaired) electrons. The van der Waals surface area contributed by atoms with E-state index in [1.165, 1.54) is 5.56 Å². The molecule has 3 heterocycles. The number of nitrogens with two attached hydrogens (primary N) is 1. The molecule has 0 spiro atoms. The van der Waals surface area contributed by atoms with Crippen molar-refractivity contribution in [1.29, 1.82) is 0 Å². The maximum absolute atomic E-state index is 5.78. The van der Waals surface area contributed by atoms with Crippen LogP contribution in [0.2, 0.25) is 0 Å². The summed E-state index contributed by atoms with van der Waals surface area (Å²) in [5.74, 6) is 1.51. The van der Waals surface area contributed by atoms with Gasteiger partial charge in [0.15, 0.2) is 11.6 Å². The molecule has 0 aliphatic carbocycles. The highest BCUT2D eigenvalue weighted by molar-refractivity contribution is 5.59. The topological polar surface area (TPSA) is 80.8 Å². The van der Waals surface area contributed by atoms with E-state index >= 15 is 0 Å². The third-order valence-corrected chi connectivity index (χ3v) is 5.33. The molecule has 1 aliphatic heterocycles. The Bertz CT molecular complexity index is 1140. The summed E-state index contributed by atoms with van der Waals surface area (Å²) in [5, 5.41) is 0. The molecule has 0 unspecified atom stereocenters. The molecule has 0 saturated carbocycles. The Kier molecular flexibility index (Phi) is 4.91. The van der Waals surface area contributed by atoms with Gasteiger partial charge in [0.05, 0.1) is 5.69 Å². The quantitative estimate of drug-likeness (QED) is 0.531. The fraction of sp³-hybridized carbons (Fsp3) is 0.167. The minimum atomic E-state index is 0.744. The number of nitrogens with zero attached hydrogens (tertiary/aromatic N) is 5. The smallest absolute Gasteiger partial charge is 0.159 e. The molecule has 0 fully saturated rings. The summed E-state index contributed by atoms with van der Waals surface area (Å²) in [7, 11) is 0. The second-order valence-electron chi connectivity index (χ2n) is 7.53. The van der Waals surface area contributed by atoms with Gasteiger partial charge in [-0.15, -0.1) is 0 Å². The van der Waals surface area contributed by atoms with Crippen LogP contribution in [-0.4, -0.2) is 31.4 Å². The Balaban J connectivity index is 1.27. The van der Waals surface area contributed by atoms with E-state index in [9.17, 15) is 0 Å². The van der Waals surface area contributed by atoms with Crippen LogP contribution in [0.4, 0.5) is 5.69 Å². The van der Waals surface area contributed by atoms with Crippen molar-refractivity contribution in [3.63, 3.8) is 0 Å². The maximum atomic E-state index is 5.78.